The van der Waals surface area contributed by atoms with Crippen LogP contribution in [0, 0.1) is 0 Å². The Hall–Kier alpha value is 0.290. The molecular formula is C9H14N2S3. The minimum Gasteiger partial charge on any atom is -0.325 e. The summed E-state index contributed by atoms with van der Waals surface area (Å²) in [6, 6.07) is 0. The van der Waals surface area contributed by atoms with Crippen LogP contribution in [0.15, 0.2) is 5.38 Å². The number of thiazole rings is 1. The molecule has 0 aromatic carbocycles. The molecule has 1 saturated heterocycles. The van der Waals surface area contributed by atoms with Crippen LogP contribution in [0.25, 0.3) is 0 Å². The molecular weight excluding hydrogens is 232 g/mol. The SMILES string of the molecule is CC1SCCSC1c1nc(CN)cs1. The average Bonchev–Trinajstić information content (AvgIpc) is 2.67. The van der Waals surface area contributed by atoms with E-state index in [1.165, 1.54) is 16.5 Å². The van der Waals surface area contributed by atoms with Gasteiger partial charge in [-0.2, -0.15) is 11.8 Å². The third kappa shape index (κ3) is 2.27. The smallest absolute Gasteiger partial charge is 0.107 e. The number of aromatic nitrogens is 1. The van der Waals surface area contributed by atoms with Gasteiger partial charge in [-0.15, -0.1) is 23.1 Å². The van der Waals surface area contributed by atoms with Gasteiger partial charge < -0.3 is 5.73 Å². The fraction of sp³-hybridized carbons (Fsp3) is 0.667. The summed E-state index contributed by atoms with van der Waals surface area (Å²) in [5.74, 6) is 2.52. The van der Waals surface area contributed by atoms with Crippen LogP contribution in [-0.4, -0.2) is 21.7 Å². The number of hydrogen-bond donors (Lipinski definition) is 1. The van der Waals surface area contributed by atoms with Crippen molar-refractivity contribution in [2.75, 3.05) is 11.5 Å². The van der Waals surface area contributed by atoms with Crippen molar-refractivity contribution in [2.24, 2.45) is 5.73 Å². The molecule has 2 nitrogen and oxygen atoms in total. The standard InChI is InChI=1S/C9H14N2S3/c1-6-8(13-3-2-12-6)9-11-7(4-10)5-14-9/h5-6,8H,2-4,10H2,1H3. The molecule has 0 spiro atoms. The molecule has 5 heteroatoms. The normalized spacial score (nSPS) is 27.9. The molecule has 0 amide bonds. The summed E-state index contributed by atoms with van der Waals surface area (Å²) in [7, 11) is 0. The molecule has 78 valence electrons. The Kier molecular flexibility index (Phi) is 3.76. The van der Waals surface area contributed by atoms with Crippen molar-refractivity contribution in [3.8, 4) is 0 Å². The molecule has 0 bridgehead atoms. The third-order valence-electron chi connectivity index (χ3n) is 2.21. The predicted molar refractivity (Wildman–Crippen MR) is 67.1 cm³/mol. The second-order valence-electron chi connectivity index (χ2n) is 3.25. The van der Waals surface area contributed by atoms with E-state index in [0.29, 0.717) is 17.0 Å². The average molecular weight is 246 g/mol. The molecule has 0 saturated carbocycles. The first-order valence-electron chi connectivity index (χ1n) is 4.69. The maximum atomic E-state index is 5.56. The largest absolute Gasteiger partial charge is 0.325 e. The Morgan fingerprint density at radius 3 is 2.93 bits per heavy atom. The van der Waals surface area contributed by atoms with E-state index < -0.39 is 0 Å². The highest BCUT2D eigenvalue weighted by atomic mass is 32.2. The van der Waals surface area contributed by atoms with Gasteiger partial charge in [0.25, 0.3) is 0 Å². The predicted octanol–water partition coefficient (Wildman–Crippen LogP) is 2.51. The van der Waals surface area contributed by atoms with Crippen molar-refractivity contribution in [1.82, 2.24) is 4.98 Å². The number of nitrogens with two attached hydrogens (primary N) is 1. The van der Waals surface area contributed by atoms with Crippen LogP contribution in [-0.2, 0) is 6.54 Å². The summed E-state index contributed by atoms with van der Waals surface area (Å²) in [6.45, 7) is 2.86. The van der Waals surface area contributed by atoms with Gasteiger partial charge >= 0.3 is 0 Å². The van der Waals surface area contributed by atoms with E-state index in [4.69, 9.17) is 5.73 Å². The van der Waals surface area contributed by atoms with E-state index in [-0.39, 0.29) is 0 Å². The zero-order valence-corrected chi connectivity index (χ0v) is 10.6. The number of hydrogen-bond acceptors (Lipinski definition) is 5. The van der Waals surface area contributed by atoms with Gasteiger partial charge in [-0.3, -0.25) is 0 Å². The lowest BCUT2D eigenvalue weighted by Crippen LogP contribution is -2.15. The Labute approximate surface area is 97.1 Å². The summed E-state index contributed by atoms with van der Waals surface area (Å²) in [5, 5.41) is 4.61. The molecule has 1 aliphatic rings. The monoisotopic (exact) mass is 246 g/mol. The Bertz CT molecular complexity index is 300. The van der Waals surface area contributed by atoms with Crippen molar-refractivity contribution in [2.45, 2.75) is 24.0 Å². The number of nitrogens with zero attached hydrogens (tertiary/aromatic N) is 1. The minimum absolute atomic E-state index is 0.565. The van der Waals surface area contributed by atoms with Gasteiger partial charge in [0.2, 0.25) is 0 Å². The molecule has 0 radical (unpaired) electrons. The molecule has 14 heavy (non-hydrogen) atoms. The molecule has 2 rings (SSSR count). The van der Waals surface area contributed by atoms with E-state index in [2.05, 4.69) is 29.0 Å². The lowest BCUT2D eigenvalue weighted by atomic mass is 10.3. The highest BCUT2D eigenvalue weighted by molar-refractivity contribution is 8.06. The molecule has 2 N–H and O–H groups in total. The summed E-state index contributed by atoms with van der Waals surface area (Å²) >= 11 is 5.85. The quantitative estimate of drug-likeness (QED) is 0.870. The van der Waals surface area contributed by atoms with Gasteiger partial charge in [0, 0.05) is 28.7 Å². The van der Waals surface area contributed by atoms with Gasteiger partial charge in [-0.1, -0.05) is 6.92 Å². The lowest BCUT2D eigenvalue weighted by molar-refractivity contribution is 0.877. The van der Waals surface area contributed by atoms with Crippen LogP contribution >= 0.6 is 34.9 Å². The number of rotatable bonds is 2. The van der Waals surface area contributed by atoms with Gasteiger partial charge in [0.1, 0.15) is 5.01 Å². The van der Waals surface area contributed by atoms with Gasteiger partial charge in [-0.25, -0.2) is 4.98 Å². The Morgan fingerprint density at radius 1 is 1.50 bits per heavy atom. The van der Waals surface area contributed by atoms with Crippen LogP contribution in [0.3, 0.4) is 0 Å². The molecule has 2 heterocycles. The summed E-state index contributed by atoms with van der Waals surface area (Å²) in [6.07, 6.45) is 0. The fourth-order valence-electron chi connectivity index (χ4n) is 1.45. The molecule has 1 aromatic heterocycles. The zero-order chi connectivity index (χ0) is 9.97. The second kappa shape index (κ2) is 4.88. The first-order valence-corrected chi connectivity index (χ1v) is 7.66. The third-order valence-corrected chi connectivity index (χ3v) is 6.43. The first kappa shape index (κ1) is 10.8. The molecule has 2 atom stereocenters. The topological polar surface area (TPSA) is 38.9 Å². The summed E-state index contributed by atoms with van der Waals surface area (Å²) in [5.41, 5.74) is 6.60. The molecule has 0 aliphatic carbocycles. The lowest BCUT2D eigenvalue weighted by Gasteiger charge is -2.25. The van der Waals surface area contributed by atoms with E-state index in [9.17, 15) is 0 Å². The van der Waals surface area contributed by atoms with Crippen LogP contribution < -0.4 is 5.73 Å². The molecule has 1 aliphatic heterocycles. The molecule has 1 aromatic rings. The second-order valence-corrected chi connectivity index (χ2v) is 6.87. The van der Waals surface area contributed by atoms with Crippen molar-refractivity contribution in [3.63, 3.8) is 0 Å². The van der Waals surface area contributed by atoms with Crippen molar-refractivity contribution >= 4 is 34.9 Å². The van der Waals surface area contributed by atoms with Crippen LogP contribution in [0.4, 0.5) is 0 Å². The highest BCUT2D eigenvalue weighted by Crippen LogP contribution is 2.43. The maximum Gasteiger partial charge on any atom is 0.107 e. The molecule has 1 fully saturated rings. The van der Waals surface area contributed by atoms with Crippen LogP contribution in [0.5, 0.6) is 0 Å². The van der Waals surface area contributed by atoms with Crippen molar-refractivity contribution in [1.29, 1.82) is 0 Å². The number of thioether (sulfide) groups is 2. The van der Waals surface area contributed by atoms with Crippen LogP contribution in [0.2, 0.25) is 0 Å². The fourth-order valence-corrected chi connectivity index (χ4v) is 5.46. The Morgan fingerprint density at radius 2 is 2.29 bits per heavy atom. The van der Waals surface area contributed by atoms with E-state index >= 15 is 0 Å². The zero-order valence-electron chi connectivity index (χ0n) is 8.10. The first-order chi connectivity index (χ1) is 6.81. The molecule has 2 unspecified atom stereocenters. The van der Waals surface area contributed by atoms with Crippen molar-refractivity contribution in [3.05, 3.63) is 16.1 Å². The summed E-state index contributed by atoms with van der Waals surface area (Å²) < 4.78 is 0. The van der Waals surface area contributed by atoms with Crippen molar-refractivity contribution < 1.29 is 0 Å². The van der Waals surface area contributed by atoms with E-state index in [1.807, 2.05) is 11.8 Å². The summed E-state index contributed by atoms with van der Waals surface area (Å²) in [4.78, 5) is 4.56. The Balaban J connectivity index is 2.12. The maximum absolute atomic E-state index is 5.56. The van der Waals surface area contributed by atoms with Gasteiger partial charge in [0.05, 0.1) is 10.9 Å². The minimum atomic E-state index is 0.565. The van der Waals surface area contributed by atoms with E-state index in [1.54, 1.807) is 11.3 Å². The van der Waals surface area contributed by atoms with Gasteiger partial charge in [-0.05, 0) is 0 Å². The van der Waals surface area contributed by atoms with Crippen LogP contribution in [0.1, 0.15) is 22.9 Å². The van der Waals surface area contributed by atoms with E-state index in [0.717, 1.165) is 5.69 Å². The highest BCUT2D eigenvalue weighted by Gasteiger charge is 2.26. The van der Waals surface area contributed by atoms with Gasteiger partial charge in [0.15, 0.2) is 0 Å².